The largest absolute Gasteiger partial charge is 0.496 e. The van der Waals surface area contributed by atoms with Gasteiger partial charge in [0.1, 0.15) is 18.1 Å². The van der Waals surface area contributed by atoms with Crippen LogP contribution in [0, 0.1) is 6.92 Å². The number of nitrogens with one attached hydrogen (secondary N) is 2. The van der Waals surface area contributed by atoms with Crippen molar-refractivity contribution in [3.63, 3.8) is 0 Å². The van der Waals surface area contributed by atoms with Gasteiger partial charge in [-0.1, -0.05) is 36.4 Å². The molecule has 0 spiro atoms. The van der Waals surface area contributed by atoms with Gasteiger partial charge in [-0.25, -0.2) is 0 Å². The molecule has 0 atom stereocenters. The van der Waals surface area contributed by atoms with Gasteiger partial charge in [-0.15, -0.1) is 0 Å². The first-order valence-corrected chi connectivity index (χ1v) is 12.2. The fourth-order valence-electron chi connectivity index (χ4n) is 3.78. The molecule has 0 saturated heterocycles. The molecule has 2 N–H and O–H groups in total. The highest BCUT2D eigenvalue weighted by molar-refractivity contribution is 6.10. The number of carbonyl (C=O) groups excluding carboxylic acids is 2. The molecule has 3 aromatic carbocycles. The molecule has 0 saturated carbocycles. The van der Waals surface area contributed by atoms with Crippen LogP contribution in [0.2, 0.25) is 0 Å². The highest BCUT2D eigenvalue weighted by Gasteiger charge is 2.18. The summed E-state index contributed by atoms with van der Waals surface area (Å²) in [4.78, 5) is 25.6. The quantitative estimate of drug-likeness (QED) is 0.267. The lowest BCUT2D eigenvalue weighted by atomic mass is 10.1. The molecule has 0 radical (unpaired) electrons. The number of methoxy groups -OCH3 is 1. The molecule has 4 rings (SSSR count). The van der Waals surface area contributed by atoms with Crippen molar-refractivity contribution in [2.45, 2.75) is 27.0 Å². The monoisotopic (exact) mass is 510 g/mol. The Bertz CT molecular complexity index is 1440. The normalized spacial score (nSPS) is 10.8. The Morgan fingerprint density at radius 3 is 2.55 bits per heavy atom. The average molecular weight is 511 g/mol. The first-order chi connectivity index (χ1) is 18.4. The number of hydrogen-bond donors (Lipinski definition) is 2. The van der Waals surface area contributed by atoms with Gasteiger partial charge >= 0.3 is 0 Å². The summed E-state index contributed by atoms with van der Waals surface area (Å²) in [5.41, 5.74) is 3.87. The molecular formula is C30H30N4O4. The van der Waals surface area contributed by atoms with Crippen LogP contribution in [0.4, 0.5) is 11.4 Å². The Balaban J connectivity index is 1.45. The van der Waals surface area contributed by atoms with E-state index in [9.17, 15) is 9.59 Å². The van der Waals surface area contributed by atoms with Crippen molar-refractivity contribution in [3.05, 3.63) is 107 Å². The summed E-state index contributed by atoms with van der Waals surface area (Å²) in [5.74, 6) is 0.672. The molecule has 0 aliphatic rings. The molecule has 0 aliphatic carbocycles. The van der Waals surface area contributed by atoms with E-state index >= 15 is 0 Å². The summed E-state index contributed by atoms with van der Waals surface area (Å²) in [6.45, 7) is 4.78. The van der Waals surface area contributed by atoms with Crippen LogP contribution in [0.5, 0.6) is 11.5 Å². The van der Waals surface area contributed by atoms with E-state index in [1.807, 2.05) is 74.5 Å². The number of carbonyl (C=O) groups is 2. The second-order valence-electron chi connectivity index (χ2n) is 8.57. The maximum absolute atomic E-state index is 12.8. The number of ether oxygens (including phenoxy) is 2. The topological polar surface area (TPSA) is 94.5 Å². The smallest absolute Gasteiger partial charge is 0.278 e. The molecule has 8 nitrogen and oxygen atoms in total. The second-order valence-corrected chi connectivity index (χ2v) is 8.57. The first-order valence-electron chi connectivity index (χ1n) is 12.2. The predicted octanol–water partition coefficient (Wildman–Crippen LogP) is 5.70. The van der Waals surface area contributed by atoms with E-state index in [0.29, 0.717) is 30.3 Å². The minimum absolute atomic E-state index is 0.137. The van der Waals surface area contributed by atoms with Crippen LogP contribution in [0.15, 0.2) is 85.1 Å². The number of anilines is 2. The lowest BCUT2D eigenvalue weighted by molar-refractivity contribution is -0.111. The van der Waals surface area contributed by atoms with Crippen LogP contribution in [-0.2, 0) is 17.9 Å². The number of para-hydroxylation sites is 1. The van der Waals surface area contributed by atoms with Crippen LogP contribution < -0.4 is 20.1 Å². The van der Waals surface area contributed by atoms with Gasteiger partial charge in [-0.05, 0) is 67.4 Å². The van der Waals surface area contributed by atoms with Crippen molar-refractivity contribution in [1.29, 1.82) is 0 Å². The van der Waals surface area contributed by atoms with Gasteiger partial charge in [-0.3, -0.25) is 14.3 Å². The zero-order valence-electron chi connectivity index (χ0n) is 21.6. The fourth-order valence-corrected chi connectivity index (χ4v) is 3.78. The van der Waals surface area contributed by atoms with Crippen molar-refractivity contribution < 1.29 is 19.1 Å². The number of aromatic nitrogens is 2. The number of hydrogen-bond acceptors (Lipinski definition) is 5. The third-order valence-corrected chi connectivity index (χ3v) is 5.71. The molecule has 0 bridgehead atoms. The summed E-state index contributed by atoms with van der Waals surface area (Å²) in [6.07, 6.45) is 4.74. The number of nitrogens with zero attached hydrogens (tertiary/aromatic N) is 2. The summed E-state index contributed by atoms with van der Waals surface area (Å²) in [6, 6.07) is 22.5. The Kier molecular flexibility index (Phi) is 8.56. The van der Waals surface area contributed by atoms with Gasteiger partial charge in [0.15, 0.2) is 5.69 Å². The van der Waals surface area contributed by atoms with Gasteiger partial charge in [0, 0.05) is 30.1 Å². The predicted molar refractivity (Wildman–Crippen MR) is 148 cm³/mol. The van der Waals surface area contributed by atoms with Gasteiger partial charge in [0.05, 0.1) is 12.8 Å². The number of aryl methyl sites for hydroxylation is 2. The lowest BCUT2D eigenvalue weighted by Gasteiger charge is -2.11. The van der Waals surface area contributed by atoms with E-state index in [4.69, 9.17) is 9.47 Å². The van der Waals surface area contributed by atoms with Crippen LogP contribution in [-0.4, -0.2) is 28.7 Å². The van der Waals surface area contributed by atoms with Crippen molar-refractivity contribution >= 4 is 29.3 Å². The highest BCUT2D eigenvalue weighted by atomic mass is 16.5. The molecule has 194 valence electrons. The van der Waals surface area contributed by atoms with Crippen molar-refractivity contribution in [2.75, 3.05) is 17.7 Å². The molecule has 2 amide bonds. The van der Waals surface area contributed by atoms with Gasteiger partial charge in [-0.2, -0.15) is 5.10 Å². The van der Waals surface area contributed by atoms with Crippen LogP contribution >= 0.6 is 0 Å². The molecule has 0 fully saturated rings. The van der Waals surface area contributed by atoms with E-state index in [1.54, 1.807) is 36.2 Å². The minimum Gasteiger partial charge on any atom is -0.496 e. The average Bonchev–Trinajstić information content (AvgIpc) is 3.34. The molecule has 0 aliphatic heterocycles. The Labute approximate surface area is 221 Å². The van der Waals surface area contributed by atoms with E-state index in [0.717, 1.165) is 22.4 Å². The van der Waals surface area contributed by atoms with E-state index < -0.39 is 5.91 Å². The fraction of sp³-hybridized carbons (Fsp3) is 0.167. The van der Waals surface area contributed by atoms with E-state index in [1.165, 1.54) is 6.08 Å². The number of amides is 2. The maximum Gasteiger partial charge on any atom is 0.278 e. The van der Waals surface area contributed by atoms with Gasteiger partial charge < -0.3 is 20.1 Å². The van der Waals surface area contributed by atoms with Crippen LogP contribution in [0.25, 0.3) is 6.08 Å². The van der Waals surface area contributed by atoms with Crippen molar-refractivity contribution in [1.82, 2.24) is 9.78 Å². The Morgan fingerprint density at radius 1 is 1.00 bits per heavy atom. The number of rotatable bonds is 10. The van der Waals surface area contributed by atoms with E-state index in [2.05, 4.69) is 15.7 Å². The molecule has 1 aromatic heterocycles. The Morgan fingerprint density at radius 2 is 1.82 bits per heavy atom. The maximum atomic E-state index is 12.8. The molecule has 1 heterocycles. The zero-order chi connectivity index (χ0) is 26.9. The molecule has 4 aromatic rings. The van der Waals surface area contributed by atoms with Gasteiger partial charge in [0.2, 0.25) is 5.91 Å². The van der Waals surface area contributed by atoms with Crippen LogP contribution in [0.3, 0.4) is 0 Å². The van der Waals surface area contributed by atoms with Gasteiger partial charge in [0.25, 0.3) is 5.91 Å². The molecule has 0 unspecified atom stereocenters. The van der Waals surface area contributed by atoms with E-state index in [-0.39, 0.29) is 11.6 Å². The van der Waals surface area contributed by atoms with Crippen LogP contribution in [0.1, 0.15) is 34.1 Å². The van der Waals surface area contributed by atoms with Crippen molar-refractivity contribution in [2.24, 2.45) is 0 Å². The minimum atomic E-state index is -0.406. The standard InChI is InChI=1S/C30H30N4O4/c1-4-34-19-26(29(33-34)30(36)31-24-10-6-5-7-11-24)32-28(35)16-14-22-13-15-27(37-3)23(18-22)20-38-25-12-8-9-21(2)17-25/h5-19H,4,20H2,1-3H3,(H,31,36)(H,32,35)/b16-14+. The summed E-state index contributed by atoms with van der Waals surface area (Å²) < 4.78 is 13.0. The Hall–Kier alpha value is -4.85. The lowest BCUT2D eigenvalue weighted by Crippen LogP contribution is -2.17. The second kappa shape index (κ2) is 12.4. The first kappa shape index (κ1) is 26.2. The summed E-state index contributed by atoms with van der Waals surface area (Å²) >= 11 is 0. The molecule has 8 heteroatoms. The summed E-state index contributed by atoms with van der Waals surface area (Å²) in [5, 5.41) is 9.89. The highest BCUT2D eigenvalue weighted by Crippen LogP contribution is 2.24. The zero-order valence-corrected chi connectivity index (χ0v) is 21.6. The number of benzene rings is 3. The van der Waals surface area contributed by atoms with Crippen molar-refractivity contribution in [3.8, 4) is 11.5 Å². The molecular weight excluding hydrogens is 480 g/mol. The molecule has 38 heavy (non-hydrogen) atoms. The third-order valence-electron chi connectivity index (χ3n) is 5.71. The SMILES string of the molecule is CCn1cc(NC(=O)/C=C/c2ccc(OC)c(COc3cccc(C)c3)c2)c(C(=O)Nc2ccccc2)n1. The summed E-state index contributed by atoms with van der Waals surface area (Å²) in [7, 11) is 1.61. The third kappa shape index (κ3) is 6.88.